The molecule has 0 radical (unpaired) electrons. The SMILES string of the molecule is CC(=O)OCC1OC(OC(C)=O)C(OS(=O)(=O)C(F)(F)F)C(C)C1C.CC(=O)OCC1OC(OC(C)=O)C([18F])C(C)C1C.[18F-].[CH3-].[K+]. The maximum atomic E-state index is 13.9. The van der Waals surface area contributed by atoms with Gasteiger partial charge in [-0.2, -0.15) is 21.6 Å². The second-order valence-corrected chi connectivity index (χ2v) is 11.8. The zero-order valence-corrected chi connectivity index (χ0v) is 31.2. The summed E-state index contributed by atoms with van der Waals surface area (Å²) >= 11 is 0. The summed E-state index contributed by atoms with van der Waals surface area (Å²) in [6, 6.07) is 0. The van der Waals surface area contributed by atoms with Gasteiger partial charge in [0.05, 0.1) is 12.2 Å². The van der Waals surface area contributed by atoms with Crippen molar-refractivity contribution in [1.29, 1.82) is 0 Å². The van der Waals surface area contributed by atoms with E-state index in [2.05, 4.69) is 4.18 Å². The van der Waals surface area contributed by atoms with Gasteiger partial charge in [0.15, 0.2) is 6.17 Å². The van der Waals surface area contributed by atoms with Gasteiger partial charge in [0.1, 0.15) is 19.3 Å². The van der Waals surface area contributed by atoms with Crippen LogP contribution in [0.4, 0.5) is 17.6 Å². The molecule has 0 aliphatic carbocycles. The van der Waals surface area contributed by atoms with E-state index in [-0.39, 0.29) is 88.6 Å². The minimum absolute atomic E-state index is 0. The van der Waals surface area contributed by atoms with Crippen molar-refractivity contribution < 1.29 is 134 Å². The van der Waals surface area contributed by atoms with Gasteiger partial charge in [-0.25, -0.2) is 4.39 Å². The van der Waals surface area contributed by atoms with Crippen molar-refractivity contribution in [2.75, 3.05) is 13.2 Å². The van der Waals surface area contributed by atoms with Crippen molar-refractivity contribution in [3.8, 4) is 0 Å². The Bertz CT molecular complexity index is 1090. The van der Waals surface area contributed by atoms with Gasteiger partial charge >= 0.3 is 90.9 Å². The van der Waals surface area contributed by atoms with Crippen molar-refractivity contribution in [2.45, 2.75) is 98.0 Å². The molecule has 0 aromatic carbocycles. The summed E-state index contributed by atoms with van der Waals surface area (Å²) < 4.78 is 108. The molecule has 0 N–H and O–H groups in total. The van der Waals surface area contributed by atoms with Gasteiger partial charge in [0.25, 0.3) is 0 Å². The van der Waals surface area contributed by atoms with E-state index in [1.54, 1.807) is 13.8 Å². The maximum absolute atomic E-state index is 13.9. The van der Waals surface area contributed by atoms with Gasteiger partial charge in [-0.1, -0.05) is 27.7 Å². The fraction of sp³-hybridized carbons (Fsp3) is 0.808. The van der Waals surface area contributed by atoms with E-state index in [1.165, 1.54) is 20.8 Å². The molecule has 0 aromatic rings. The summed E-state index contributed by atoms with van der Waals surface area (Å²) in [6.07, 6.45) is -7.32. The molecule has 0 bridgehead atoms. The Morgan fingerprint density at radius 3 is 1.43 bits per heavy atom. The number of hydrogen-bond acceptors (Lipinski definition) is 13. The molecular weight excluding hydrogens is 684 g/mol. The van der Waals surface area contributed by atoms with Crippen LogP contribution in [-0.4, -0.2) is 88.1 Å². The molecule has 10 unspecified atom stereocenters. The smallest absolute Gasteiger partial charge is 1.00 e. The zero-order chi connectivity index (χ0) is 33.4. The normalized spacial score (nSPS) is 30.7. The molecule has 2 heterocycles. The molecular formula is C26H41F5KO13S-. The van der Waals surface area contributed by atoms with Crippen LogP contribution in [0.1, 0.15) is 55.4 Å². The summed E-state index contributed by atoms with van der Waals surface area (Å²) in [6.45, 7) is 10.9. The third-order valence-electron chi connectivity index (χ3n) is 6.99. The monoisotopic (exact) mass is 725 g/mol. The number of carbonyl (C=O) groups excluding carboxylic acids is 4. The molecule has 266 valence electrons. The summed E-state index contributed by atoms with van der Waals surface area (Å²) in [4.78, 5) is 43.7. The Labute approximate surface area is 307 Å². The molecule has 0 spiro atoms. The van der Waals surface area contributed by atoms with Gasteiger partial charge in [0, 0.05) is 27.7 Å². The molecule has 2 aliphatic rings. The van der Waals surface area contributed by atoms with E-state index in [1.807, 2.05) is 6.92 Å². The van der Waals surface area contributed by atoms with E-state index < -0.39 is 88.4 Å². The number of halogens is 5. The van der Waals surface area contributed by atoms with Crippen LogP contribution in [0.3, 0.4) is 0 Å². The first-order valence-corrected chi connectivity index (χ1v) is 14.6. The summed E-state index contributed by atoms with van der Waals surface area (Å²) in [5, 5.41) is 0. The van der Waals surface area contributed by atoms with Crippen molar-refractivity contribution in [3.63, 3.8) is 0 Å². The van der Waals surface area contributed by atoms with Gasteiger partial charge in [-0.3, -0.25) is 23.4 Å². The van der Waals surface area contributed by atoms with Crippen LogP contribution < -0.4 is 56.1 Å². The first-order chi connectivity index (χ1) is 19.6. The van der Waals surface area contributed by atoms with Crippen molar-refractivity contribution in [2.24, 2.45) is 23.7 Å². The molecule has 10 atom stereocenters. The Kier molecular flexibility index (Phi) is 22.7. The minimum atomic E-state index is -5.92. The van der Waals surface area contributed by atoms with Crippen LogP contribution in [0.15, 0.2) is 0 Å². The van der Waals surface area contributed by atoms with Gasteiger partial charge in [0.2, 0.25) is 12.6 Å². The van der Waals surface area contributed by atoms with Gasteiger partial charge in [-0.15, -0.1) is 0 Å². The van der Waals surface area contributed by atoms with Crippen LogP contribution in [0.25, 0.3) is 0 Å². The first kappa shape index (κ1) is 49.4. The van der Waals surface area contributed by atoms with E-state index >= 15 is 0 Å². The first-order valence-electron chi connectivity index (χ1n) is 13.1. The number of carbonyl (C=O) groups is 4. The van der Waals surface area contributed by atoms with Crippen LogP contribution >= 0.6 is 0 Å². The standard InChI is InChI=1S/C13H19F3O8S.C12H19FO5.CH3.FH.K/c1-6-7(2)11(24-25(19,20)13(14,15)16)12(22-9(4)18)23-10(6)5-21-8(3)17;1-6-7(2)11(13)12(17-9(4)15)18-10(6)5-16-8(3)14;;;/h6-7,10-12H,5H2,1-4H3;6-7,10-12H,5H2,1-4H3;1H3;1H;/q;;-1;;+1/p-1/i;13-1;;1-1;. The molecule has 2 rings (SSSR count). The molecule has 46 heavy (non-hydrogen) atoms. The Morgan fingerprint density at radius 1 is 0.696 bits per heavy atom. The average Bonchev–Trinajstić information content (AvgIpc) is 2.86. The minimum Gasteiger partial charge on any atom is -1.00 e. The third-order valence-corrected chi connectivity index (χ3v) is 8.03. The summed E-state index contributed by atoms with van der Waals surface area (Å²) in [5.41, 5.74) is -5.63. The van der Waals surface area contributed by atoms with Crippen molar-refractivity contribution in [1.82, 2.24) is 0 Å². The quantitative estimate of drug-likeness (QED) is 0.0481. The molecule has 0 saturated carbocycles. The predicted molar refractivity (Wildman–Crippen MR) is 142 cm³/mol. The number of rotatable bonds is 8. The molecule has 20 heteroatoms. The molecule has 0 aromatic heterocycles. The molecule has 13 nitrogen and oxygen atoms in total. The summed E-state index contributed by atoms with van der Waals surface area (Å²) in [7, 11) is -5.92. The fourth-order valence-electron chi connectivity index (χ4n) is 4.14. The number of esters is 4. The van der Waals surface area contributed by atoms with Crippen molar-refractivity contribution >= 4 is 34.0 Å². The molecule has 0 amide bonds. The fourth-order valence-corrected chi connectivity index (χ4v) is 4.80. The number of alkyl halides is 4. The van der Waals surface area contributed by atoms with Crippen molar-refractivity contribution in [3.05, 3.63) is 7.43 Å². The third kappa shape index (κ3) is 15.0. The van der Waals surface area contributed by atoms with Gasteiger partial charge in [-0.05, 0) is 23.7 Å². The topological polar surface area (TPSA) is 167 Å². The van der Waals surface area contributed by atoms with E-state index in [0.29, 0.717) is 0 Å². The number of ether oxygens (including phenoxy) is 6. The second-order valence-electron chi connectivity index (χ2n) is 10.3. The second kappa shape index (κ2) is 21.2. The summed E-state index contributed by atoms with van der Waals surface area (Å²) in [5.74, 6) is -4.40. The van der Waals surface area contributed by atoms with Crippen LogP contribution in [-0.2, 0) is 61.9 Å². The van der Waals surface area contributed by atoms with Gasteiger partial charge < -0.3 is 40.6 Å². The van der Waals surface area contributed by atoms with E-state index in [0.717, 1.165) is 13.8 Å². The molecule has 2 fully saturated rings. The van der Waals surface area contributed by atoms with Crippen LogP contribution in [0.2, 0.25) is 0 Å². The Balaban J connectivity index is -0.000000788. The predicted octanol–water partition coefficient (Wildman–Crippen LogP) is -2.75. The van der Waals surface area contributed by atoms with Crippen LogP contribution in [0, 0.1) is 31.1 Å². The largest absolute Gasteiger partial charge is 1.00 e. The Hall–Kier alpha value is -1.00. The Morgan fingerprint density at radius 2 is 1.07 bits per heavy atom. The molecule has 2 aliphatic heterocycles. The van der Waals surface area contributed by atoms with Crippen LogP contribution in [0.5, 0.6) is 0 Å². The maximum Gasteiger partial charge on any atom is 1.00 e. The average molecular weight is 726 g/mol. The van der Waals surface area contributed by atoms with E-state index in [9.17, 15) is 45.2 Å². The van der Waals surface area contributed by atoms with E-state index in [4.69, 9.17) is 28.4 Å². The zero-order valence-electron chi connectivity index (χ0n) is 27.3. The molecule has 2 saturated heterocycles. The number of hydrogen-bond donors (Lipinski definition) is 0.